The molecule has 0 aliphatic rings. The third kappa shape index (κ3) is 5.43. The lowest BCUT2D eigenvalue weighted by atomic mass is 10.1. The molecule has 0 heterocycles. The Hall–Kier alpha value is -2.82. The second kappa shape index (κ2) is 8.72. The lowest BCUT2D eigenvalue weighted by Gasteiger charge is -2.11. The number of amides is 2. The Kier molecular flexibility index (Phi) is 6.37. The fourth-order valence-corrected chi connectivity index (χ4v) is 2.38. The summed E-state index contributed by atoms with van der Waals surface area (Å²) < 4.78 is 0. The highest BCUT2D eigenvalue weighted by Crippen LogP contribution is 2.16. The van der Waals surface area contributed by atoms with Crippen LogP contribution in [-0.4, -0.2) is 18.4 Å². The highest BCUT2D eigenvalue weighted by Gasteiger charge is 2.04. The van der Waals surface area contributed by atoms with Gasteiger partial charge >= 0.3 is 0 Å². The lowest BCUT2D eigenvalue weighted by molar-refractivity contribution is -0.116. The van der Waals surface area contributed by atoms with Gasteiger partial charge in [0.1, 0.15) is 0 Å². The van der Waals surface area contributed by atoms with Crippen LogP contribution in [0.15, 0.2) is 48.5 Å². The normalized spacial score (nSPS) is 10.1. The monoisotopic (exact) mass is 325 g/mol. The van der Waals surface area contributed by atoms with Crippen LogP contribution in [0.2, 0.25) is 0 Å². The molecule has 0 radical (unpaired) electrons. The molecule has 0 fully saturated rings. The number of carbonyl (C=O) groups is 2. The van der Waals surface area contributed by atoms with Gasteiger partial charge in [0.2, 0.25) is 11.8 Å². The number of carbonyl (C=O) groups excluding carboxylic acids is 2. The number of aryl methyl sites for hydroxylation is 1. The fourth-order valence-electron chi connectivity index (χ4n) is 2.38. The summed E-state index contributed by atoms with van der Waals surface area (Å²) in [5.74, 6) is -0.172. The molecule has 0 spiro atoms. The smallest absolute Gasteiger partial charge is 0.226 e. The molecule has 2 aromatic carbocycles. The molecule has 0 aliphatic heterocycles. The Morgan fingerprint density at radius 3 is 2.17 bits per heavy atom. The molecule has 5 heteroatoms. The van der Waals surface area contributed by atoms with Gasteiger partial charge in [0.15, 0.2) is 0 Å². The lowest BCUT2D eigenvalue weighted by Crippen LogP contribution is -2.16. The molecular formula is C19H23N3O2. The third-order valence-electron chi connectivity index (χ3n) is 3.55. The van der Waals surface area contributed by atoms with Crippen molar-refractivity contribution in [3.8, 4) is 0 Å². The molecule has 0 saturated carbocycles. The summed E-state index contributed by atoms with van der Waals surface area (Å²) in [6.45, 7) is 4.14. The van der Waals surface area contributed by atoms with Crippen LogP contribution in [0.25, 0.3) is 0 Å². The number of nitrogens with one attached hydrogen (secondary N) is 3. The standard InChI is InChI=1S/C19H23N3O2/c1-3-15-6-4-5-7-18(15)20-13-12-19(24)22-17-10-8-16(9-11-17)21-14(2)23/h4-11,20H,3,12-13H2,1-2H3,(H,21,23)(H,22,24). The summed E-state index contributed by atoms with van der Waals surface area (Å²) in [4.78, 5) is 23.0. The van der Waals surface area contributed by atoms with E-state index in [1.807, 2.05) is 18.2 Å². The predicted molar refractivity (Wildman–Crippen MR) is 98.3 cm³/mol. The molecular weight excluding hydrogens is 302 g/mol. The van der Waals surface area contributed by atoms with Crippen LogP contribution in [0.3, 0.4) is 0 Å². The molecule has 2 aromatic rings. The van der Waals surface area contributed by atoms with Gasteiger partial charge in [-0.3, -0.25) is 9.59 Å². The molecule has 2 amide bonds. The molecule has 0 bridgehead atoms. The largest absolute Gasteiger partial charge is 0.384 e. The molecule has 0 unspecified atom stereocenters. The quantitative estimate of drug-likeness (QED) is 0.728. The van der Waals surface area contributed by atoms with Crippen LogP contribution in [-0.2, 0) is 16.0 Å². The van der Waals surface area contributed by atoms with Crippen molar-refractivity contribution in [2.45, 2.75) is 26.7 Å². The topological polar surface area (TPSA) is 70.2 Å². The molecule has 2 rings (SSSR count). The maximum absolute atomic E-state index is 12.0. The maximum atomic E-state index is 12.0. The van der Waals surface area contributed by atoms with Gasteiger partial charge in [0.25, 0.3) is 0 Å². The molecule has 0 atom stereocenters. The SMILES string of the molecule is CCc1ccccc1NCCC(=O)Nc1ccc(NC(C)=O)cc1. The van der Waals surface area contributed by atoms with Gasteiger partial charge in [-0.15, -0.1) is 0 Å². The Morgan fingerprint density at radius 2 is 1.54 bits per heavy atom. The van der Waals surface area contributed by atoms with Gasteiger partial charge in [-0.1, -0.05) is 25.1 Å². The Bertz CT molecular complexity index is 696. The summed E-state index contributed by atoms with van der Waals surface area (Å²) in [5, 5.41) is 8.84. The van der Waals surface area contributed by atoms with Crippen LogP contribution in [0.1, 0.15) is 25.8 Å². The second-order valence-corrected chi connectivity index (χ2v) is 5.49. The highest BCUT2D eigenvalue weighted by atomic mass is 16.2. The minimum Gasteiger partial charge on any atom is -0.384 e. The molecule has 0 saturated heterocycles. The number of anilines is 3. The van der Waals surface area contributed by atoms with E-state index in [0.29, 0.717) is 24.3 Å². The van der Waals surface area contributed by atoms with E-state index >= 15 is 0 Å². The Balaban J connectivity index is 1.80. The van der Waals surface area contributed by atoms with Gasteiger partial charge in [-0.25, -0.2) is 0 Å². The Labute approximate surface area is 142 Å². The van der Waals surface area contributed by atoms with Crippen molar-refractivity contribution >= 4 is 28.9 Å². The first-order chi connectivity index (χ1) is 11.6. The van der Waals surface area contributed by atoms with E-state index in [2.05, 4.69) is 28.9 Å². The van der Waals surface area contributed by atoms with E-state index in [-0.39, 0.29) is 11.8 Å². The van der Waals surface area contributed by atoms with E-state index in [0.717, 1.165) is 12.1 Å². The van der Waals surface area contributed by atoms with Crippen LogP contribution in [0.5, 0.6) is 0 Å². The van der Waals surface area contributed by atoms with Gasteiger partial charge in [0, 0.05) is 37.0 Å². The summed E-state index contributed by atoms with van der Waals surface area (Å²) in [6, 6.07) is 15.2. The average Bonchev–Trinajstić information content (AvgIpc) is 2.56. The van der Waals surface area contributed by atoms with Crippen molar-refractivity contribution in [1.82, 2.24) is 0 Å². The number of para-hydroxylation sites is 1. The van der Waals surface area contributed by atoms with Crippen LogP contribution < -0.4 is 16.0 Å². The molecule has 0 aliphatic carbocycles. The van der Waals surface area contributed by atoms with E-state index in [1.54, 1.807) is 24.3 Å². The van der Waals surface area contributed by atoms with Crippen LogP contribution in [0, 0.1) is 0 Å². The minimum atomic E-state index is -0.120. The van der Waals surface area contributed by atoms with Gasteiger partial charge in [-0.2, -0.15) is 0 Å². The summed E-state index contributed by atoms with van der Waals surface area (Å²) in [5.41, 5.74) is 3.74. The summed E-state index contributed by atoms with van der Waals surface area (Å²) in [6.07, 6.45) is 1.33. The summed E-state index contributed by atoms with van der Waals surface area (Å²) in [7, 11) is 0. The van der Waals surface area contributed by atoms with Crippen molar-refractivity contribution in [2.24, 2.45) is 0 Å². The zero-order valence-electron chi connectivity index (χ0n) is 14.1. The first kappa shape index (κ1) is 17.5. The van der Waals surface area contributed by atoms with E-state index in [1.165, 1.54) is 12.5 Å². The van der Waals surface area contributed by atoms with Crippen molar-refractivity contribution in [3.05, 3.63) is 54.1 Å². The van der Waals surface area contributed by atoms with Crippen molar-refractivity contribution in [2.75, 3.05) is 22.5 Å². The van der Waals surface area contributed by atoms with Crippen molar-refractivity contribution < 1.29 is 9.59 Å². The van der Waals surface area contributed by atoms with Gasteiger partial charge in [0.05, 0.1) is 0 Å². The van der Waals surface area contributed by atoms with Crippen LogP contribution in [0.4, 0.5) is 17.1 Å². The van der Waals surface area contributed by atoms with Crippen molar-refractivity contribution in [1.29, 1.82) is 0 Å². The third-order valence-corrected chi connectivity index (χ3v) is 3.55. The maximum Gasteiger partial charge on any atom is 0.226 e. The zero-order valence-corrected chi connectivity index (χ0v) is 14.1. The number of hydrogen-bond acceptors (Lipinski definition) is 3. The van der Waals surface area contributed by atoms with Crippen LogP contribution >= 0.6 is 0 Å². The van der Waals surface area contributed by atoms with E-state index < -0.39 is 0 Å². The molecule has 3 N–H and O–H groups in total. The number of benzene rings is 2. The first-order valence-electron chi connectivity index (χ1n) is 8.07. The predicted octanol–water partition coefficient (Wildman–Crippen LogP) is 3.65. The number of rotatable bonds is 7. The minimum absolute atomic E-state index is 0.0521. The summed E-state index contributed by atoms with van der Waals surface area (Å²) >= 11 is 0. The first-order valence-corrected chi connectivity index (χ1v) is 8.07. The van der Waals surface area contributed by atoms with Crippen molar-refractivity contribution in [3.63, 3.8) is 0 Å². The second-order valence-electron chi connectivity index (χ2n) is 5.49. The molecule has 5 nitrogen and oxygen atoms in total. The fraction of sp³-hybridized carbons (Fsp3) is 0.263. The number of hydrogen-bond donors (Lipinski definition) is 3. The zero-order chi connectivity index (χ0) is 17.4. The Morgan fingerprint density at radius 1 is 0.917 bits per heavy atom. The molecule has 0 aromatic heterocycles. The highest BCUT2D eigenvalue weighted by molar-refractivity contribution is 5.92. The van der Waals surface area contributed by atoms with Gasteiger partial charge < -0.3 is 16.0 Å². The van der Waals surface area contributed by atoms with E-state index in [4.69, 9.17) is 0 Å². The molecule has 24 heavy (non-hydrogen) atoms. The van der Waals surface area contributed by atoms with Gasteiger partial charge in [-0.05, 0) is 42.3 Å². The molecule has 126 valence electrons. The average molecular weight is 325 g/mol. The van der Waals surface area contributed by atoms with E-state index in [9.17, 15) is 9.59 Å².